The summed E-state index contributed by atoms with van der Waals surface area (Å²) in [7, 11) is 0. The van der Waals surface area contributed by atoms with Gasteiger partial charge in [-0.2, -0.15) is 0 Å². The zero-order valence-electron chi connectivity index (χ0n) is 77.7. The highest BCUT2D eigenvalue weighted by Crippen LogP contribution is 2.54. The van der Waals surface area contributed by atoms with Crippen LogP contribution in [0.1, 0.15) is 137 Å². The van der Waals surface area contributed by atoms with E-state index >= 15 is 0 Å². The first-order chi connectivity index (χ1) is 65.7. The first-order valence-electron chi connectivity index (χ1n) is 46.6. The highest BCUT2D eigenvalue weighted by molar-refractivity contribution is 8.00. The molecule has 1 unspecified atom stereocenters. The van der Waals surface area contributed by atoms with Gasteiger partial charge < -0.3 is 103 Å². The van der Waals surface area contributed by atoms with Crippen molar-refractivity contribution in [3.63, 3.8) is 0 Å². The Morgan fingerprint density at radius 1 is 0.292 bits per heavy atom. The molecule has 24 N–H and O–H groups in total. The van der Waals surface area contributed by atoms with E-state index < -0.39 is 0 Å². The van der Waals surface area contributed by atoms with Crippen LogP contribution in [-0.4, -0.2) is 185 Å². The van der Waals surface area contributed by atoms with E-state index in [4.69, 9.17) is 136 Å². The Hall–Kier alpha value is -8.65. The van der Waals surface area contributed by atoms with E-state index in [1.165, 1.54) is 97.3 Å². The van der Waals surface area contributed by atoms with Gasteiger partial charge in [0.05, 0.1) is 69.2 Å². The molecule has 0 aromatic carbocycles. The van der Waals surface area contributed by atoms with Crippen molar-refractivity contribution in [2.45, 2.75) is 205 Å². The lowest BCUT2D eigenvalue weighted by Gasteiger charge is -2.43. The van der Waals surface area contributed by atoms with Crippen molar-refractivity contribution in [2.24, 2.45) is 73.9 Å². The number of rotatable bonds is 15. The zero-order chi connectivity index (χ0) is 96.8. The standard InChI is InChI=1S/3C19H26ClN7S.C18H23ClN6OS.C18H22ClN5OS/c3*1-11-2-4-19(15(11)21)5-8-27(9-6-19)13-10-25-18(17(23)26-13)28-12-3-7-24-16(22)14(12)20;1-11-9-26-10-18(11)3-6-25(7-4-18)13-8-23-17(16(21)24-13)27-12-2-5-22-15(20)14(12)19;1-12-10-25-11-18(12)4-7-24(8-5-18)14-9-22-17(16(20)23-14)26-13-3-2-6-21-15(13)19/h3*3,7,10-11,15H,2,4-6,8-9,21H2,1H3,(H2,22,24)(H2,23,26);2,5,8,11H,3-4,6-7,9-10H2,1H3,(H2,20,22)(H2,21,24);2-3,6,9,12H,4-5,7-8,10-11H2,1H3,(H2,20,23)/t11?,15-;11-,15+;11-,15-;11-;12-/m10101/s1. The monoisotopic (exact) mass is 2050 g/mol. The summed E-state index contributed by atoms with van der Waals surface area (Å²) in [4.78, 5) is 80.6. The molecule has 7 aliphatic heterocycles. The summed E-state index contributed by atoms with van der Waals surface area (Å²) in [5.74, 6) is 10.3. The maximum absolute atomic E-state index is 6.52. The molecule has 10 fully saturated rings. The quantitative estimate of drug-likeness (QED) is 0.0424. The molecule has 0 bridgehead atoms. The molecule has 8 atom stereocenters. The Labute approximate surface area is 846 Å². The van der Waals surface area contributed by atoms with Crippen molar-refractivity contribution in [1.82, 2.24) is 74.8 Å². The number of nitrogens with zero attached hydrogens (tertiary/aromatic N) is 20. The number of halogens is 5. The van der Waals surface area contributed by atoms with Gasteiger partial charge in [-0.15, -0.1) is 0 Å². The third kappa shape index (κ3) is 22.6. The molecule has 137 heavy (non-hydrogen) atoms. The molecule has 0 radical (unpaired) electrons. The lowest BCUT2D eigenvalue weighted by molar-refractivity contribution is 0.127. The second kappa shape index (κ2) is 43.8. The summed E-state index contributed by atoms with van der Waals surface area (Å²) in [6.45, 7) is 24.4. The van der Waals surface area contributed by atoms with Crippen LogP contribution >= 0.6 is 117 Å². The number of hydrogen-bond acceptors (Lipinski definition) is 39. The Morgan fingerprint density at radius 2 is 0.526 bits per heavy atom. The summed E-state index contributed by atoms with van der Waals surface area (Å²) in [5.41, 5.74) is 75.0. The molecule has 10 aromatic heterocycles. The van der Waals surface area contributed by atoms with Crippen molar-refractivity contribution >= 4 is 198 Å². The maximum Gasteiger partial charge on any atom is 0.158 e. The van der Waals surface area contributed by atoms with E-state index in [1.54, 1.807) is 86.2 Å². The van der Waals surface area contributed by atoms with Gasteiger partial charge in [-0.05, 0) is 185 Å². The molecule has 0 amide bonds. The third-order valence-corrected chi connectivity index (χ3v) is 38.1. The number of piperidine rings is 5. The van der Waals surface area contributed by atoms with Gasteiger partial charge >= 0.3 is 0 Å². The number of pyridine rings is 5. The van der Waals surface area contributed by atoms with Crippen LogP contribution in [0.3, 0.4) is 0 Å². The van der Waals surface area contributed by atoms with Crippen molar-refractivity contribution < 1.29 is 9.47 Å². The predicted octanol–water partition coefficient (Wildman–Crippen LogP) is 16.2. The summed E-state index contributed by atoms with van der Waals surface area (Å²) in [6.07, 6.45) is 35.5. The van der Waals surface area contributed by atoms with Crippen molar-refractivity contribution in [3.05, 3.63) is 124 Å². The molecule has 44 heteroatoms. The molecule has 5 spiro atoms. The number of nitrogen functional groups attached to an aromatic ring is 9. The SMILES string of the molecule is CC1CCC2(CCN(c3cnc(Sc4ccnc(N)c4Cl)c(N)n3)CC2)[C@@H]1N.C[C@@H]1CCC2(CCN(c3cnc(Sc4ccnc(N)c4Cl)c(N)n3)CC2)[C@@H]1N.C[C@@H]1COCC12CCN(c1cnc(Sc3cccnc3Cl)c(N)n1)CC2.C[C@H]1CCC2(CCN(c3cnc(Sc4ccnc(N)c4Cl)c(N)n3)CC2)[C@@H]1N.C[C@H]1COCC12CCN(c1cnc(Sc3ccnc(N)c3Cl)c(N)n1)CC2. The van der Waals surface area contributed by atoms with Crippen molar-refractivity contribution in [1.29, 1.82) is 0 Å². The van der Waals surface area contributed by atoms with Crippen molar-refractivity contribution in [2.75, 3.05) is 168 Å². The maximum atomic E-state index is 6.52. The van der Waals surface area contributed by atoms with Gasteiger partial charge in [0.25, 0.3) is 0 Å². The van der Waals surface area contributed by atoms with E-state index in [-0.39, 0.29) is 23.3 Å². The molecule has 20 rings (SSSR count). The smallest absolute Gasteiger partial charge is 0.158 e. The molecule has 3 saturated carbocycles. The molecule has 732 valence electrons. The highest BCUT2D eigenvalue weighted by Gasteiger charge is 2.51. The average molecular weight is 2060 g/mol. The Kier molecular flexibility index (Phi) is 32.4. The van der Waals surface area contributed by atoms with Gasteiger partial charge in [-0.3, -0.25) is 0 Å². The van der Waals surface area contributed by atoms with Crippen LogP contribution in [0.4, 0.5) is 81.5 Å². The molecular weight excluding hydrogens is 1930 g/mol. The van der Waals surface area contributed by atoms with Crippen molar-refractivity contribution in [3.8, 4) is 0 Å². The minimum atomic E-state index is 0.288. The van der Waals surface area contributed by atoms with Gasteiger partial charge in [0.15, 0.2) is 29.1 Å². The normalized spacial score (nSPS) is 23.2. The second-order valence-corrected chi connectivity index (χ2v) is 45.2. The second-order valence-electron chi connectivity index (χ2n) is 38.1. The lowest BCUT2D eigenvalue weighted by Crippen LogP contribution is -2.48. The Balaban J connectivity index is 0.000000124. The Bertz CT molecular complexity index is 5540. The van der Waals surface area contributed by atoms with E-state index in [0.29, 0.717) is 154 Å². The summed E-state index contributed by atoms with van der Waals surface area (Å²) in [5, 5.41) is 5.14. The van der Waals surface area contributed by atoms with Crippen LogP contribution in [0.25, 0.3) is 0 Å². The molecule has 17 heterocycles. The molecular formula is C93H123Cl5N32O2S5. The summed E-state index contributed by atoms with van der Waals surface area (Å²) < 4.78 is 11.4. The van der Waals surface area contributed by atoms with Gasteiger partial charge in [-0.1, -0.05) is 151 Å². The van der Waals surface area contributed by atoms with Crippen LogP contribution in [0, 0.1) is 56.7 Å². The third-order valence-electron chi connectivity index (χ3n) is 30.3. The Morgan fingerprint density at radius 3 is 0.730 bits per heavy atom. The van der Waals surface area contributed by atoms with Gasteiger partial charge in [0.1, 0.15) is 82.6 Å². The van der Waals surface area contributed by atoms with Gasteiger partial charge in [-0.25, -0.2) is 74.8 Å². The molecule has 10 aromatic rings. The highest BCUT2D eigenvalue weighted by atomic mass is 35.5. The average Bonchev–Trinajstić information content (AvgIpc) is 1.65. The van der Waals surface area contributed by atoms with Crippen LogP contribution < -0.4 is 93.3 Å². The van der Waals surface area contributed by atoms with E-state index in [0.717, 1.165) is 210 Å². The van der Waals surface area contributed by atoms with E-state index in [2.05, 4.69) is 134 Å². The summed E-state index contributed by atoms with van der Waals surface area (Å²) in [6, 6.07) is 11.8. The number of nitrogens with two attached hydrogens (primary N) is 12. The molecule has 3 aliphatic carbocycles. The predicted molar refractivity (Wildman–Crippen MR) is 555 cm³/mol. The van der Waals surface area contributed by atoms with Crippen LogP contribution in [0.2, 0.25) is 25.2 Å². The fourth-order valence-corrected chi connectivity index (χ4v) is 26.0. The molecule has 10 aliphatic rings. The molecule has 7 saturated heterocycles. The first kappa shape index (κ1) is 101. The number of ether oxygens (including phenoxy) is 2. The van der Waals surface area contributed by atoms with Gasteiger partial charge in [0, 0.05) is 158 Å². The fourth-order valence-electron chi connectivity index (χ4n) is 21.0. The van der Waals surface area contributed by atoms with Crippen LogP contribution in [0.15, 0.2) is 148 Å². The minimum absolute atomic E-state index is 0.288. The minimum Gasteiger partial charge on any atom is -0.382 e. The topological polar surface area (TPSA) is 540 Å². The van der Waals surface area contributed by atoms with Crippen LogP contribution in [-0.2, 0) is 9.47 Å². The largest absolute Gasteiger partial charge is 0.382 e. The first-order valence-corrected chi connectivity index (χ1v) is 52.6. The summed E-state index contributed by atoms with van der Waals surface area (Å²) >= 11 is 37.7. The number of anilines is 14. The fraction of sp³-hybridized carbons (Fsp3) is 0.516. The van der Waals surface area contributed by atoms with Gasteiger partial charge in [0.2, 0.25) is 0 Å². The van der Waals surface area contributed by atoms with E-state index in [1.807, 2.05) is 12.1 Å². The van der Waals surface area contributed by atoms with E-state index in [9.17, 15) is 0 Å². The lowest BCUT2D eigenvalue weighted by atomic mass is 9.72. The van der Waals surface area contributed by atoms with Crippen LogP contribution in [0.5, 0.6) is 0 Å². The zero-order valence-corrected chi connectivity index (χ0v) is 85.6. The number of hydrogen-bond donors (Lipinski definition) is 12. The number of aromatic nitrogens is 15. The molecule has 34 nitrogen and oxygen atoms in total.